The summed E-state index contributed by atoms with van der Waals surface area (Å²) >= 11 is 16.2. The monoisotopic (exact) mass is 546 g/mol. The Hall–Kier alpha value is -3.00. The summed E-state index contributed by atoms with van der Waals surface area (Å²) in [6.07, 6.45) is 1.46. The molecule has 0 bridgehead atoms. The minimum Gasteiger partial charge on any atom is -0.493 e. The molecule has 1 aliphatic heterocycles. The number of benzene rings is 3. The number of hydrogen-bond acceptors (Lipinski definition) is 4. The molecule has 1 heterocycles. The first-order valence-corrected chi connectivity index (χ1v) is 11.3. The Kier molecular flexibility index (Phi) is 6.93. The number of hydrogen-bond donors (Lipinski definition) is 1. The minimum atomic E-state index is -0.523. The van der Waals surface area contributed by atoms with Gasteiger partial charge in [0.05, 0.1) is 12.8 Å². The summed E-state index contributed by atoms with van der Waals surface area (Å²) in [4.78, 5) is 25.4. The predicted molar refractivity (Wildman–Crippen MR) is 132 cm³/mol. The summed E-state index contributed by atoms with van der Waals surface area (Å²) in [6.45, 7) is 0.176. The number of amides is 2. The zero-order chi connectivity index (χ0) is 23.5. The number of hydrazine groups is 1. The average Bonchev–Trinajstić information content (AvgIpc) is 3.11. The van der Waals surface area contributed by atoms with Gasteiger partial charge in [-0.05, 0) is 51.8 Å². The number of methoxy groups -OCH3 is 1. The van der Waals surface area contributed by atoms with Crippen LogP contribution in [0.2, 0.25) is 10.0 Å². The van der Waals surface area contributed by atoms with Gasteiger partial charge in [-0.15, -0.1) is 0 Å². The van der Waals surface area contributed by atoms with Crippen LogP contribution in [-0.4, -0.2) is 18.9 Å². The molecular weight excluding hydrogens is 531 g/mol. The molecule has 0 aliphatic carbocycles. The second kappa shape index (κ2) is 9.87. The summed E-state index contributed by atoms with van der Waals surface area (Å²) < 4.78 is 11.8. The lowest BCUT2D eigenvalue weighted by Gasteiger charge is -2.16. The second-order valence-electron chi connectivity index (χ2n) is 6.98. The third-order valence-corrected chi connectivity index (χ3v) is 6.72. The molecule has 0 radical (unpaired) electrons. The number of carbonyl (C=O) groups excluding carboxylic acids is 2. The minimum absolute atomic E-state index is 0.0394. The summed E-state index contributed by atoms with van der Waals surface area (Å²) in [5.41, 5.74) is 4.35. The molecule has 1 saturated heterocycles. The van der Waals surface area contributed by atoms with E-state index in [4.69, 9.17) is 32.7 Å². The summed E-state index contributed by atoms with van der Waals surface area (Å²) in [5, 5.41) is 2.00. The lowest BCUT2D eigenvalue weighted by molar-refractivity contribution is -0.117. The predicted octanol–water partition coefficient (Wildman–Crippen LogP) is 5.80. The molecular formula is C24H17BrCl2N2O4. The number of para-hydroxylation sites is 1. The zero-order valence-electron chi connectivity index (χ0n) is 17.3. The van der Waals surface area contributed by atoms with Crippen molar-refractivity contribution in [3.05, 3.63) is 91.9 Å². The van der Waals surface area contributed by atoms with Gasteiger partial charge in [-0.3, -0.25) is 15.0 Å². The Morgan fingerprint density at radius 3 is 2.45 bits per heavy atom. The first kappa shape index (κ1) is 23.2. The SMILES string of the molecule is COc1cc(/C=C2/C(=O)NN(c3ccccc3)C2=O)c(Br)c(Cl)c1OCc1ccccc1Cl. The van der Waals surface area contributed by atoms with Gasteiger partial charge in [0.1, 0.15) is 17.2 Å². The number of halogens is 3. The van der Waals surface area contributed by atoms with Crippen molar-refractivity contribution < 1.29 is 19.1 Å². The van der Waals surface area contributed by atoms with E-state index in [0.29, 0.717) is 32.2 Å². The fourth-order valence-corrected chi connectivity index (χ4v) is 4.09. The van der Waals surface area contributed by atoms with Gasteiger partial charge in [-0.25, -0.2) is 5.01 Å². The van der Waals surface area contributed by atoms with E-state index < -0.39 is 11.8 Å². The van der Waals surface area contributed by atoms with Crippen LogP contribution in [0.15, 0.2) is 70.7 Å². The molecule has 9 heteroatoms. The number of nitrogens with one attached hydrogen (secondary N) is 1. The highest BCUT2D eigenvalue weighted by molar-refractivity contribution is 9.10. The first-order valence-electron chi connectivity index (χ1n) is 9.75. The quantitative estimate of drug-likeness (QED) is 0.312. The molecule has 1 N–H and O–H groups in total. The number of nitrogens with zero attached hydrogens (tertiary/aromatic N) is 1. The topological polar surface area (TPSA) is 67.9 Å². The van der Waals surface area contributed by atoms with Crippen LogP contribution in [0.3, 0.4) is 0 Å². The molecule has 2 amide bonds. The largest absolute Gasteiger partial charge is 0.493 e. The van der Waals surface area contributed by atoms with Gasteiger partial charge in [-0.2, -0.15) is 0 Å². The molecule has 1 fully saturated rings. The van der Waals surface area contributed by atoms with Crippen molar-refractivity contribution in [2.24, 2.45) is 0 Å². The third-order valence-electron chi connectivity index (χ3n) is 4.91. The Labute approximate surface area is 208 Å². The van der Waals surface area contributed by atoms with Crippen molar-refractivity contribution in [3.8, 4) is 11.5 Å². The van der Waals surface area contributed by atoms with Gasteiger partial charge in [0, 0.05) is 15.1 Å². The van der Waals surface area contributed by atoms with E-state index in [1.54, 1.807) is 36.4 Å². The smallest absolute Gasteiger partial charge is 0.282 e. The molecule has 0 unspecified atom stereocenters. The van der Waals surface area contributed by atoms with Crippen LogP contribution in [0.4, 0.5) is 5.69 Å². The van der Waals surface area contributed by atoms with E-state index in [9.17, 15) is 9.59 Å². The molecule has 168 valence electrons. The lowest BCUT2D eigenvalue weighted by atomic mass is 10.1. The zero-order valence-corrected chi connectivity index (χ0v) is 20.4. The summed E-state index contributed by atoms with van der Waals surface area (Å²) in [6, 6.07) is 17.8. The van der Waals surface area contributed by atoms with Crippen LogP contribution < -0.4 is 19.9 Å². The fraction of sp³-hybridized carbons (Fsp3) is 0.0833. The third kappa shape index (κ3) is 4.71. The Bertz CT molecular complexity index is 1260. The number of anilines is 1. The van der Waals surface area contributed by atoms with Crippen molar-refractivity contribution in [2.75, 3.05) is 12.1 Å². The van der Waals surface area contributed by atoms with Crippen LogP contribution in [0.5, 0.6) is 11.5 Å². The van der Waals surface area contributed by atoms with Crippen molar-refractivity contribution in [1.82, 2.24) is 5.43 Å². The average molecular weight is 548 g/mol. The van der Waals surface area contributed by atoms with Gasteiger partial charge < -0.3 is 9.47 Å². The fourth-order valence-electron chi connectivity index (χ4n) is 3.23. The number of rotatable bonds is 6. The molecule has 0 atom stereocenters. The Morgan fingerprint density at radius 2 is 1.76 bits per heavy atom. The van der Waals surface area contributed by atoms with E-state index >= 15 is 0 Å². The molecule has 33 heavy (non-hydrogen) atoms. The lowest BCUT2D eigenvalue weighted by Crippen LogP contribution is -2.35. The molecule has 1 aliphatic rings. The second-order valence-corrected chi connectivity index (χ2v) is 8.56. The van der Waals surface area contributed by atoms with Gasteiger partial charge in [0.15, 0.2) is 11.5 Å². The number of ether oxygens (including phenoxy) is 2. The number of carbonyl (C=O) groups is 2. The molecule has 0 aromatic heterocycles. The van der Waals surface area contributed by atoms with E-state index in [0.717, 1.165) is 5.56 Å². The molecule has 0 saturated carbocycles. The van der Waals surface area contributed by atoms with Gasteiger partial charge in [0.25, 0.3) is 11.8 Å². The van der Waals surface area contributed by atoms with E-state index in [1.807, 2.05) is 24.3 Å². The van der Waals surface area contributed by atoms with Crippen molar-refractivity contribution in [1.29, 1.82) is 0 Å². The van der Waals surface area contributed by atoms with Gasteiger partial charge >= 0.3 is 0 Å². The molecule has 0 spiro atoms. The highest BCUT2D eigenvalue weighted by atomic mass is 79.9. The van der Waals surface area contributed by atoms with Gasteiger partial charge in [-0.1, -0.05) is 59.6 Å². The van der Waals surface area contributed by atoms with Crippen LogP contribution in [0, 0.1) is 0 Å². The van der Waals surface area contributed by atoms with Gasteiger partial charge in [0.2, 0.25) is 0 Å². The summed E-state index contributed by atoms with van der Waals surface area (Å²) in [7, 11) is 1.48. The summed E-state index contributed by atoms with van der Waals surface area (Å²) in [5.74, 6) is -0.355. The maximum absolute atomic E-state index is 12.9. The van der Waals surface area contributed by atoms with Crippen LogP contribution in [0.25, 0.3) is 6.08 Å². The Balaban J connectivity index is 1.65. The van der Waals surface area contributed by atoms with Crippen LogP contribution in [-0.2, 0) is 16.2 Å². The highest BCUT2D eigenvalue weighted by Gasteiger charge is 2.34. The van der Waals surface area contributed by atoms with Crippen LogP contribution >= 0.6 is 39.1 Å². The molecule has 4 rings (SSSR count). The Morgan fingerprint density at radius 1 is 1.06 bits per heavy atom. The molecule has 3 aromatic carbocycles. The van der Waals surface area contributed by atoms with E-state index in [-0.39, 0.29) is 17.2 Å². The maximum Gasteiger partial charge on any atom is 0.282 e. The van der Waals surface area contributed by atoms with Crippen molar-refractivity contribution in [2.45, 2.75) is 6.61 Å². The molecule has 3 aromatic rings. The van der Waals surface area contributed by atoms with Crippen LogP contribution in [0.1, 0.15) is 11.1 Å². The normalized spacial score (nSPS) is 14.5. The van der Waals surface area contributed by atoms with Crippen molar-refractivity contribution in [3.63, 3.8) is 0 Å². The van der Waals surface area contributed by atoms with Crippen molar-refractivity contribution >= 4 is 62.7 Å². The van der Waals surface area contributed by atoms with E-state index in [2.05, 4.69) is 21.4 Å². The maximum atomic E-state index is 12.9. The molecule has 6 nitrogen and oxygen atoms in total. The highest BCUT2D eigenvalue weighted by Crippen LogP contribution is 2.44. The first-order chi connectivity index (χ1) is 15.9. The standard InChI is InChI=1S/C24H17BrCl2N2O4/c1-32-19-12-15(11-17-23(30)28-29(24(17)31)16-8-3-2-4-9-16)20(25)21(27)22(19)33-13-14-7-5-6-10-18(14)26/h2-12H,13H2,1H3,(H,28,30)/b17-11-. The van der Waals surface area contributed by atoms with E-state index in [1.165, 1.54) is 18.2 Å².